The maximum absolute atomic E-state index is 2.39. The van der Waals surface area contributed by atoms with Crippen molar-refractivity contribution >= 4 is 45.2 Å². The molecule has 15 heavy (non-hydrogen) atoms. The third-order valence-electron chi connectivity index (χ3n) is 2.30. The van der Waals surface area contributed by atoms with E-state index < -0.39 is 0 Å². The summed E-state index contributed by atoms with van der Waals surface area (Å²) in [5.74, 6) is 0. The van der Waals surface area contributed by atoms with Crippen LogP contribution in [0.1, 0.15) is 5.56 Å². The fraction of sp³-hybridized carbons (Fsp3) is 0.0769. The average molecular weight is 420 g/mol. The van der Waals surface area contributed by atoms with Gasteiger partial charge in [0.1, 0.15) is 0 Å². The normalized spacial score (nSPS) is 10.3. The van der Waals surface area contributed by atoms with Gasteiger partial charge in [-0.15, -0.1) is 0 Å². The van der Waals surface area contributed by atoms with Gasteiger partial charge in [0.15, 0.2) is 0 Å². The number of hydrogen-bond acceptors (Lipinski definition) is 0. The first-order valence-corrected chi connectivity index (χ1v) is 6.85. The van der Waals surface area contributed by atoms with Gasteiger partial charge in [-0.3, -0.25) is 0 Å². The van der Waals surface area contributed by atoms with E-state index in [1.165, 1.54) is 23.8 Å². The number of rotatable bonds is 1. The van der Waals surface area contributed by atoms with Gasteiger partial charge in [0.05, 0.1) is 0 Å². The Hall–Kier alpha value is -0.100. The molecule has 0 spiro atoms. The van der Waals surface area contributed by atoms with E-state index in [2.05, 4.69) is 94.6 Å². The van der Waals surface area contributed by atoms with Crippen molar-refractivity contribution in [3.05, 3.63) is 55.2 Å². The molecule has 0 unspecified atom stereocenters. The van der Waals surface area contributed by atoms with Crippen LogP contribution in [0.25, 0.3) is 11.1 Å². The van der Waals surface area contributed by atoms with Crippen LogP contribution in [0.2, 0.25) is 0 Å². The van der Waals surface area contributed by atoms with Gasteiger partial charge in [-0.1, -0.05) is 35.9 Å². The van der Waals surface area contributed by atoms with Crippen molar-refractivity contribution in [3.8, 4) is 11.1 Å². The molecule has 0 bridgehead atoms. The number of halogens is 2. The predicted octanol–water partition coefficient (Wildman–Crippen LogP) is 4.87. The summed E-state index contributed by atoms with van der Waals surface area (Å²) < 4.78 is 2.62. The predicted molar refractivity (Wildman–Crippen MR) is 82.0 cm³/mol. The molecule has 2 aromatic carbocycles. The highest BCUT2D eigenvalue weighted by atomic mass is 127. The lowest BCUT2D eigenvalue weighted by Crippen LogP contribution is -1.87. The fourth-order valence-corrected chi connectivity index (χ4v) is 3.63. The Balaban J connectivity index is 2.58. The van der Waals surface area contributed by atoms with Crippen LogP contribution in [0.4, 0.5) is 0 Å². The molecule has 0 saturated heterocycles. The van der Waals surface area contributed by atoms with Gasteiger partial charge >= 0.3 is 0 Å². The van der Waals surface area contributed by atoms with Crippen LogP contribution in [0, 0.1) is 14.1 Å². The lowest BCUT2D eigenvalue weighted by Gasteiger charge is -2.07. The molecule has 0 amide bonds. The van der Waals surface area contributed by atoms with E-state index in [-0.39, 0.29) is 0 Å². The standard InChI is InChI=1S/C13H10I2/c1-9-5-7-10(8-6-9)13-11(14)3-2-4-12(13)15/h2-8H,1H3. The SMILES string of the molecule is Cc1ccc(-c2c(I)cccc2I)cc1. The molecule has 0 saturated carbocycles. The molecule has 2 rings (SSSR count). The molecule has 0 N–H and O–H groups in total. The van der Waals surface area contributed by atoms with E-state index in [4.69, 9.17) is 0 Å². The summed E-state index contributed by atoms with van der Waals surface area (Å²) in [5.41, 5.74) is 3.95. The van der Waals surface area contributed by atoms with Crippen LogP contribution < -0.4 is 0 Å². The van der Waals surface area contributed by atoms with Crippen molar-refractivity contribution in [1.82, 2.24) is 0 Å². The maximum Gasteiger partial charge on any atom is 0.0219 e. The van der Waals surface area contributed by atoms with E-state index in [1.807, 2.05) is 0 Å². The first-order chi connectivity index (χ1) is 7.18. The average Bonchev–Trinajstić information content (AvgIpc) is 2.20. The molecule has 76 valence electrons. The minimum Gasteiger partial charge on any atom is -0.0601 e. The molecular formula is C13H10I2. The molecule has 2 heteroatoms. The number of benzene rings is 2. The van der Waals surface area contributed by atoms with E-state index in [1.54, 1.807) is 0 Å². The van der Waals surface area contributed by atoms with Crippen molar-refractivity contribution < 1.29 is 0 Å². The van der Waals surface area contributed by atoms with Gasteiger partial charge in [-0.2, -0.15) is 0 Å². The van der Waals surface area contributed by atoms with Crippen molar-refractivity contribution in [2.24, 2.45) is 0 Å². The summed E-state index contributed by atoms with van der Waals surface area (Å²) in [4.78, 5) is 0. The van der Waals surface area contributed by atoms with E-state index in [0.29, 0.717) is 0 Å². The summed E-state index contributed by atoms with van der Waals surface area (Å²) >= 11 is 4.79. The van der Waals surface area contributed by atoms with E-state index >= 15 is 0 Å². The Morgan fingerprint density at radius 1 is 0.800 bits per heavy atom. The first kappa shape index (κ1) is 11.4. The highest BCUT2D eigenvalue weighted by Gasteiger charge is 2.06. The molecule has 0 aliphatic rings. The Labute approximate surface area is 117 Å². The topological polar surface area (TPSA) is 0 Å². The third kappa shape index (κ3) is 2.53. The Morgan fingerprint density at radius 3 is 1.87 bits per heavy atom. The molecule has 2 aromatic rings. The second kappa shape index (κ2) is 4.82. The molecule has 0 radical (unpaired) electrons. The molecule has 0 atom stereocenters. The lowest BCUT2D eigenvalue weighted by molar-refractivity contribution is 1.46. The monoisotopic (exact) mass is 420 g/mol. The van der Waals surface area contributed by atoms with Gasteiger partial charge in [0.25, 0.3) is 0 Å². The Morgan fingerprint density at radius 2 is 1.33 bits per heavy atom. The summed E-state index contributed by atoms with van der Waals surface area (Å²) in [6, 6.07) is 15.1. The maximum atomic E-state index is 2.39. The minimum absolute atomic E-state index is 1.30. The number of hydrogen-bond donors (Lipinski definition) is 0. The molecule has 0 aliphatic heterocycles. The first-order valence-electron chi connectivity index (χ1n) is 4.69. The molecule has 0 fully saturated rings. The summed E-state index contributed by atoms with van der Waals surface area (Å²) in [7, 11) is 0. The van der Waals surface area contributed by atoms with Gasteiger partial charge in [-0.05, 0) is 69.8 Å². The van der Waals surface area contributed by atoms with Crippen molar-refractivity contribution in [2.45, 2.75) is 6.92 Å². The molecule has 0 nitrogen and oxygen atoms in total. The second-order valence-electron chi connectivity index (χ2n) is 3.46. The van der Waals surface area contributed by atoms with Crippen LogP contribution in [0.15, 0.2) is 42.5 Å². The zero-order valence-corrected chi connectivity index (χ0v) is 12.6. The quantitative estimate of drug-likeness (QED) is 0.578. The van der Waals surface area contributed by atoms with Gasteiger partial charge in [-0.25, -0.2) is 0 Å². The fourth-order valence-electron chi connectivity index (χ4n) is 1.49. The van der Waals surface area contributed by atoms with Gasteiger partial charge in [0.2, 0.25) is 0 Å². The Kier molecular flexibility index (Phi) is 3.66. The molecular weight excluding hydrogens is 410 g/mol. The van der Waals surface area contributed by atoms with Gasteiger partial charge in [0, 0.05) is 12.7 Å². The number of aryl methyl sites for hydroxylation is 1. The molecule has 0 heterocycles. The molecule has 0 aromatic heterocycles. The van der Waals surface area contributed by atoms with Gasteiger partial charge < -0.3 is 0 Å². The highest BCUT2D eigenvalue weighted by molar-refractivity contribution is 14.1. The summed E-state index contributed by atoms with van der Waals surface area (Å²) in [6.45, 7) is 2.12. The van der Waals surface area contributed by atoms with Crippen molar-refractivity contribution in [2.75, 3.05) is 0 Å². The molecule has 0 aliphatic carbocycles. The third-order valence-corrected chi connectivity index (χ3v) is 4.10. The highest BCUT2D eigenvalue weighted by Crippen LogP contribution is 2.30. The zero-order chi connectivity index (χ0) is 10.8. The van der Waals surface area contributed by atoms with Crippen LogP contribution in [0.3, 0.4) is 0 Å². The van der Waals surface area contributed by atoms with Crippen LogP contribution in [0.5, 0.6) is 0 Å². The summed E-state index contributed by atoms with van der Waals surface area (Å²) in [6.07, 6.45) is 0. The minimum atomic E-state index is 1.30. The Bertz CT molecular complexity index is 452. The lowest BCUT2D eigenvalue weighted by atomic mass is 10.0. The van der Waals surface area contributed by atoms with Crippen molar-refractivity contribution in [1.29, 1.82) is 0 Å². The van der Waals surface area contributed by atoms with Crippen LogP contribution >= 0.6 is 45.2 Å². The largest absolute Gasteiger partial charge is 0.0601 e. The van der Waals surface area contributed by atoms with E-state index in [9.17, 15) is 0 Å². The zero-order valence-electron chi connectivity index (χ0n) is 8.30. The van der Waals surface area contributed by atoms with Crippen LogP contribution in [-0.4, -0.2) is 0 Å². The van der Waals surface area contributed by atoms with Crippen molar-refractivity contribution in [3.63, 3.8) is 0 Å². The second-order valence-corrected chi connectivity index (χ2v) is 5.79. The van der Waals surface area contributed by atoms with Crippen LogP contribution in [-0.2, 0) is 0 Å². The summed E-state index contributed by atoms with van der Waals surface area (Å²) in [5, 5.41) is 0. The van der Waals surface area contributed by atoms with E-state index in [0.717, 1.165) is 0 Å². The smallest absolute Gasteiger partial charge is 0.0219 e.